The fourth-order valence-corrected chi connectivity index (χ4v) is 3.24. The number of hydrogen-bond donors (Lipinski definition) is 1. The lowest BCUT2D eigenvalue weighted by Gasteiger charge is -2.24. The van der Waals surface area contributed by atoms with Crippen LogP contribution in [-0.2, 0) is 21.5 Å². The second kappa shape index (κ2) is 6.47. The first-order valence-electron chi connectivity index (χ1n) is 7.69. The number of pyridine rings is 1. The third-order valence-electron chi connectivity index (χ3n) is 4.08. The Morgan fingerprint density at radius 1 is 1.12 bits per heavy atom. The van der Waals surface area contributed by atoms with E-state index in [0.717, 1.165) is 21.8 Å². The van der Waals surface area contributed by atoms with E-state index in [1.807, 2.05) is 36.4 Å². The molecule has 1 aromatic carbocycles. The average molecular weight is 386 g/mol. The van der Waals surface area contributed by atoms with Crippen molar-refractivity contribution in [2.24, 2.45) is 0 Å². The number of hydrogen-bond acceptors (Lipinski definition) is 4. The highest BCUT2D eigenvalue weighted by Crippen LogP contribution is 2.33. The summed E-state index contributed by atoms with van der Waals surface area (Å²) >= 11 is 3.40. The Labute approximate surface area is 148 Å². The summed E-state index contributed by atoms with van der Waals surface area (Å²) in [7, 11) is 0. The predicted octanol–water partition coefficient (Wildman–Crippen LogP) is 3.68. The molecular formula is C18H16BrN3O2. The number of ether oxygens (including phenoxy) is 2. The lowest BCUT2D eigenvalue weighted by atomic mass is 9.94. The van der Waals surface area contributed by atoms with Gasteiger partial charge in [0.1, 0.15) is 17.2 Å². The maximum Gasteiger partial charge on any atom is 0.156 e. The van der Waals surface area contributed by atoms with E-state index >= 15 is 0 Å². The Morgan fingerprint density at radius 2 is 2.00 bits per heavy atom. The number of imidazole rings is 1. The number of rotatable bonds is 4. The Balaban J connectivity index is 1.67. The van der Waals surface area contributed by atoms with Crippen LogP contribution in [-0.4, -0.2) is 28.4 Å². The summed E-state index contributed by atoms with van der Waals surface area (Å²) in [6, 6.07) is 16.0. The third kappa shape index (κ3) is 3.00. The molecule has 122 valence electrons. The van der Waals surface area contributed by atoms with Crippen LogP contribution < -0.4 is 0 Å². The number of halogens is 1. The molecule has 4 rings (SSSR count). The number of aromatic nitrogens is 3. The normalized spacial score (nSPS) is 20.4. The van der Waals surface area contributed by atoms with E-state index in [9.17, 15) is 0 Å². The van der Waals surface area contributed by atoms with Gasteiger partial charge in [0.2, 0.25) is 0 Å². The summed E-state index contributed by atoms with van der Waals surface area (Å²) in [4.78, 5) is 12.4. The number of nitrogens with zero attached hydrogens (tertiary/aromatic N) is 2. The summed E-state index contributed by atoms with van der Waals surface area (Å²) in [5, 5.41) is 0. The fourth-order valence-electron chi connectivity index (χ4n) is 2.89. The van der Waals surface area contributed by atoms with Gasteiger partial charge in [0.25, 0.3) is 0 Å². The van der Waals surface area contributed by atoms with E-state index in [1.165, 1.54) is 5.56 Å². The first kappa shape index (κ1) is 15.5. The van der Waals surface area contributed by atoms with E-state index in [2.05, 4.69) is 43.0 Å². The molecule has 0 radical (unpaired) electrons. The van der Waals surface area contributed by atoms with E-state index < -0.39 is 5.60 Å². The van der Waals surface area contributed by atoms with Gasteiger partial charge in [-0.05, 0) is 33.6 Å². The van der Waals surface area contributed by atoms with E-state index in [4.69, 9.17) is 9.47 Å². The molecule has 0 bridgehead atoms. The molecule has 0 aliphatic carbocycles. The van der Waals surface area contributed by atoms with Crippen molar-refractivity contribution in [2.75, 3.05) is 13.4 Å². The van der Waals surface area contributed by atoms with Crippen molar-refractivity contribution in [2.45, 2.75) is 12.0 Å². The molecule has 24 heavy (non-hydrogen) atoms. The van der Waals surface area contributed by atoms with Crippen LogP contribution in [0.2, 0.25) is 0 Å². The van der Waals surface area contributed by atoms with Gasteiger partial charge in [-0.25, -0.2) is 9.97 Å². The average Bonchev–Trinajstić information content (AvgIpc) is 3.26. The molecule has 0 saturated carbocycles. The molecule has 3 aromatic rings. The molecule has 1 aliphatic rings. The molecule has 3 heterocycles. The van der Waals surface area contributed by atoms with Gasteiger partial charge < -0.3 is 14.5 Å². The lowest BCUT2D eigenvalue weighted by Crippen LogP contribution is -2.32. The first-order valence-corrected chi connectivity index (χ1v) is 8.49. The SMILES string of the molecule is Brc1cccc(-c2cnc(C3(Cc4ccccc4)COCO3)[nH]2)n1. The quantitative estimate of drug-likeness (QED) is 0.695. The molecule has 1 fully saturated rings. The largest absolute Gasteiger partial charge is 0.352 e. The highest BCUT2D eigenvalue weighted by Gasteiger charge is 2.41. The molecule has 1 aliphatic heterocycles. The molecule has 1 saturated heterocycles. The van der Waals surface area contributed by atoms with Gasteiger partial charge in [-0.15, -0.1) is 0 Å². The summed E-state index contributed by atoms with van der Waals surface area (Å²) in [6.45, 7) is 0.749. The van der Waals surface area contributed by atoms with Gasteiger partial charge in [-0.2, -0.15) is 0 Å². The van der Waals surface area contributed by atoms with Gasteiger partial charge in [0, 0.05) is 6.42 Å². The van der Waals surface area contributed by atoms with E-state index in [0.29, 0.717) is 13.0 Å². The monoisotopic (exact) mass is 385 g/mol. The standard InChI is InChI=1S/C18H16BrN3O2/c19-16-8-4-7-14(21-16)15-10-20-17(22-15)18(11-23-12-24-18)9-13-5-2-1-3-6-13/h1-8,10H,9,11-12H2,(H,20,22). The van der Waals surface area contributed by atoms with E-state index in [-0.39, 0.29) is 6.79 Å². The van der Waals surface area contributed by atoms with Crippen molar-refractivity contribution in [1.29, 1.82) is 0 Å². The highest BCUT2D eigenvalue weighted by molar-refractivity contribution is 9.10. The molecule has 1 atom stereocenters. The zero-order chi connectivity index (χ0) is 16.4. The third-order valence-corrected chi connectivity index (χ3v) is 4.53. The van der Waals surface area contributed by atoms with Crippen LogP contribution >= 0.6 is 15.9 Å². The van der Waals surface area contributed by atoms with Crippen LogP contribution in [0.15, 0.2) is 59.3 Å². The van der Waals surface area contributed by atoms with Gasteiger partial charge in [0.05, 0.1) is 24.2 Å². The summed E-state index contributed by atoms with van der Waals surface area (Å²) in [5.41, 5.74) is 2.28. The Kier molecular flexibility index (Phi) is 4.18. The Bertz CT molecular complexity index is 829. The fraction of sp³-hybridized carbons (Fsp3) is 0.222. The van der Waals surface area contributed by atoms with E-state index in [1.54, 1.807) is 6.20 Å². The lowest BCUT2D eigenvalue weighted by molar-refractivity contribution is -0.0162. The molecule has 1 N–H and O–H groups in total. The second-order valence-corrected chi connectivity index (χ2v) is 6.57. The van der Waals surface area contributed by atoms with Crippen LogP contribution in [0.4, 0.5) is 0 Å². The summed E-state index contributed by atoms with van der Waals surface area (Å²) < 4.78 is 12.3. The molecule has 5 nitrogen and oxygen atoms in total. The first-order chi connectivity index (χ1) is 11.8. The molecule has 1 unspecified atom stereocenters. The van der Waals surface area contributed by atoms with Gasteiger partial charge in [-0.1, -0.05) is 36.4 Å². The minimum absolute atomic E-state index is 0.276. The molecule has 0 spiro atoms. The van der Waals surface area contributed by atoms with Gasteiger partial charge in [0.15, 0.2) is 5.60 Å². The van der Waals surface area contributed by atoms with Crippen LogP contribution in [0.5, 0.6) is 0 Å². The Morgan fingerprint density at radius 3 is 2.75 bits per heavy atom. The van der Waals surface area contributed by atoms with Crippen LogP contribution in [0.3, 0.4) is 0 Å². The summed E-state index contributed by atoms with van der Waals surface area (Å²) in [5.74, 6) is 0.764. The minimum atomic E-state index is -0.592. The van der Waals surface area contributed by atoms with Crippen LogP contribution in [0.25, 0.3) is 11.4 Å². The Hall–Kier alpha value is -2.02. The number of benzene rings is 1. The second-order valence-electron chi connectivity index (χ2n) is 5.76. The maximum atomic E-state index is 5.96. The molecule has 0 amide bonds. The van der Waals surface area contributed by atoms with Gasteiger partial charge in [-0.3, -0.25) is 0 Å². The summed E-state index contributed by atoms with van der Waals surface area (Å²) in [6.07, 6.45) is 2.49. The van der Waals surface area contributed by atoms with Crippen molar-refractivity contribution < 1.29 is 9.47 Å². The van der Waals surface area contributed by atoms with Crippen molar-refractivity contribution in [3.8, 4) is 11.4 Å². The smallest absolute Gasteiger partial charge is 0.156 e. The molecule has 6 heteroatoms. The number of nitrogens with one attached hydrogen (secondary N) is 1. The maximum absolute atomic E-state index is 5.96. The van der Waals surface area contributed by atoms with Crippen molar-refractivity contribution in [1.82, 2.24) is 15.0 Å². The minimum Gasteiger partial charge on any atom is -0.352 e. The molecule has 2 aromatic heterocycles. The zero-order valence-electron chi connectivity index (χ0n) is 12.9. The number of H-pyrrole nitrogens is 1. The highest BCUT2D eigenvalue weighted by atomic mass is 79.9. The number of aromatic amines is 1. The predicted molar refractivity (Wildman–Crippen MR) is 93.2 cm³/mol. The zero-order valence-corrected chi connectivity index (χ0v) is 14.5. The van der Waals surface area contributed by atoms with Crippen molar-refractivity contribution >= 4 is 15.9 Å². The molecular weight excluding hydrogens is 370 g/mol. The van der Waals surface area contributed by atoms with Crippen LogP contribution in [0.1, 0.15) is 11.4 Å². The van der Waals surface area contributed by atoms with Crippen molar-refractivity contribution in [3.05, 3.63) is 70.7 Å². The van der Waals surface area contributed by atoms with Gasteiger partial charge >= 0.3 is 0 Å². The van der Waals surface area contributed by atoms with Crippen molar-refractivity contribution in [3.63, 3.8) is 0 Å². The topological polar surface area (TPSA) is 60.0 Å². The van der Waals surface area contributed by atoms with Crippen LogP contribution in [0, 0.1) is 0 Å².